The molecule has 0 heterocycles. The summed E-state index contributed by atoms with van der Waals surface area (Å²) in [5.74, 6) is 0.411. The highest BCUT2D eigenvalue weighted by Crippen LogP contribution is 2.23. The molecule has 168 valence electrons. The molecule has 2 aromatic rings. The number of rotatable bonds is 11. The minimum Gasteiger partial charge on any atom is -0.483 e. The van der Waals surface area contributed by atoms with Gasteiger partial charge in [0.05, 0.1) is 0 Å². The van der Waals surface area contributed by atoms with Crippen LogP contribution in [0.5, 0.6) is 5.75 Å². The van der Waals surface area contributed by atoms with Gasteiger partial charge in [0.25, 0.3) is 5.91 Å². The highest BCUT2D eigenvalue weighted by molar-refractivity contribution is 5.88. The summed E-state index contributed by atoms with van der Waals surface area (Å²) < 4.78 is 5.93. The van der Waals surface area contributed by atoms with E-state index >= 15 is 0 Å². The predicted molar refractivity (Wildman–Crippen MR) is 125 cm³/mol. The van der Waals surface area contributed by atoms with Gasteiger partial charge in [0.1, 0.15) is 11.8 Å². The van der Waals surface area contributed by atoms with Crippen molar-refractivity contribution in [2.45, 2.75) is 66.5 Å². The molecule has 0 saturated carbocycles. The van der Waals surface area contributed by atoms with Gasteiger partial charge >= 0.3 is 0 Å². The standard InChI is InChI=1S/C26H36N2O3/c1-6-8-14-27-26(30)23(7-2)28(17-22-12-10-9-11-13-22)25(29)18-31-24-16-19(3)15-20(4)21(24)5/h9-13,15-16,23H,6-8,14,17-18H2,1-5H3,(H,27,30)/t23-/m0/s1. The van der Waals surface area contributed by atoms with Crippen LogP contribution in [0.1, 0.15) is 55.4 Å². The Labute approximate surface area is 186 Å². The summed E-state index contributed by atoms with van der Waals surface area (Å²) in [6.45, 7) is 10.9. The summed E-state index contributed by atoms with van der Waals surface area (Å²) in [5.41, 5.74) is 4.23. The third kappa shape index (κ3) is 7.12. The van der Waals surface area contributed by atoms with Crippen LogP contribution in [0.15, 0.2) is 42.5 Å². The second-order valence-corrected chi connectivity index (χ2v) is 8.07. The maximum Gasteiger partial charge on any atom is 0.261 e. The number of carbonyl (C=O) groups excluding carboxylic acids is 2. The lowest BCUT2D eigenvalue weighted by molar-refractivity contribution is -0.143. The van der Waals surface area contributed by atoms with Crippen molar-refractivity contribution >= 4 is 11.8 Å². The van der Waals surface area contributed by atoms with Crippen molar-refractivity contribution in [2.75, 3.05) is 13.2 Å². The molecule has 0 aliphatic carbocycles. The van der Waals surface area contributed by atoms with Gasteiger partial charge < -0.3 is 15.0 Å². The summed E-state index contributed by atoms with van der Waals surface area (Å²) in [5, 5.41) is 2.98. The summed E-state index contributed by atoms with van der Waals surface area (Å²) in [6.07, 6.45) is 2.47. The van der Waals surface area contributed by atoms with Crippen molar-refractivity contribution in [3.05, 3.63) is 64.7 Å². The number of hydrogen-bond donors (Lipinski definition) is 1. The molecule has 2 amide bonds. The van der Waals surface area contributed by atoms with E-state index in [0.717, 1.165) is 35.1 Å². The largest absolute Gasteiger partial charge is 0.483 e. The van der Waals surface area contributed by atoms with Crippen molar-refractivity contribution in [1.82, 2.24) is 10.2 Å². The number of amides is 2. The Bertz CT molecular complexity index is 864. The van der Waals surface area contributed by atoms with Gasteiger partial charge in [-0.25, -0.2) is 0 Å². The van der Waals surface area contributed by atoms with Crippen LogP contribution in [0.3, 0.4) is 0 Å². The number of hydrogen-bond acceptors (Lipinski definition) is 3. The molecular weight excluding hydrogens is 388 g/mol. The van der Waals surface area contributed by atoms with E-state index in [-0.39, 0.29) is 18.4 Å². The summed E-state index contributed by atoms with van der Waals surface area (Å²) >= 11 is 0. The Morgan fingerprint density at radius 2 is 1.77 bits per heavy atom. The quantitative estimate of drug-likeness (QED) is 0.531. The van der Waals surface area contributed by atoms with Crippen molar-refractivity contribution < 1.29 is 14.3 Å². The Balaban J connectivity index is 2.20. The van der Waals surface area contributed by atoms with Gasteiger partial charge in [0, 0.05) is 13.1 Å². The monoisotopic (exact) mass is 424 g/mol. The number of nitrogens with zero attached hydrogens (tertiary/aromatic N) is 1. The average molecular weight is 425 g/mol. The van der Waals surface area contributed by atoms with E-state index in [1.54, 1.807) is 4.90 Å². The normalized spacial score (nSPS) is 11.6. The Hall–Kier alpha value is -2.82. The van der Waals surface area contributed by atoms with Gasteiger partial charge in [-0.3, -0.25) is 9.59 Å². The van der Waals surface area contributed by atoms with Gasteiger partial charge in [-0.1, -0.05) is 56.7 Å². The Morgan fingerprint density at radius 1 is 1.06 bits per heavy atom. The Morgan fingerprint density at radius 3 is 2.42 bits per heavy atom. The molecule has 0 unspecified atom stereocenters. The van der Waals surface area contributed by atoms with E-state index in [0.29, 0.717) is 25.3 Å². The lowest BCUT2D eigenvalue weighted by Gasteiger charge is -2.30. The van der Waals surface area contributed by atoms with Gasteiger partial charge in [0.15, 0.2) is 6.61 Å². The Kier molecular flexibility index (Phi) is 9.57. The fraction of sp³-hybridized carbons (Fsp3) is 0.462. The highest BCUT2D eigenvalue weighted by atomic mass is 16.5. The van der Waals surface area contributed by atoms with Crippen molar-refractivity contribution in [3.8, 4) is 5.75 Å². The molecule has 2 aromatic carbocycles. The van der Waals surface area contributed by atoms with Crippen LogP contribution in [-0.4, -0.2) is 35.9 Å². The fourth-order valence-corrected chi connectivity index (χ4v) is 3.58. The predicted octanol–water partition coefficient (Wildman–Crippen LogP) is 4.71. The number of nitrogens with one attached hydrogen (secondary N) is 1. The van der Waals surface area contributed by atoms with E-state index < -0.39 is 6.04 Å². The van der Waals surface area contributed by atoms with E-state index in [1.807, 2.05) is 64.1 Å². The molecule has 0 bridgehead atoms. The maximum atomic E-state index is 13.3. The molecule has 0 saturated heterocycles. The van der Waals surface area contributed by atoms with Gasteiger partial charge in [-0.05, 0) is 61.9 Å². The number of ether oxygens (including phenoxy) is 1. The molecule has 0 radical (unpaired) electrons. The van der Waals surface area contributed by atoms with Crippen molar-refractivity contribution in [3.63, 3.8) is 0 Å². The van der Waals surface area contributed by atoms with Crippen LogP contribution in [0.2, 0.25) is 0 Å². The molecule has 5 heteroatoms. The molecule has 0 aliphatic rings. The zero-order chi connectivity index (χ0) is 22.8. The van der Waals surface area contributed by atoms with E-state index in [1.165, 1.54) is 0 Å². The zero-order valence-corrected chi connectivity index (χ0v) is 19.5. The molecule has 2 rings (SSSR count). The third-order valence-electron chi connectivity index (χ3n) is 5.53. The summed E-state index contributed by atoms with van der Waals surface area (Å²) in [7, 11) is 0. The van der Waals surface area contributed by atoms with Crippen LogP contribution < -0.4 is 10.1 Å². The number of carbonyl (C=O) groups is 2. The van der Waals surface area contributed by atoms with Gasteiger partial charge in [0.2, 0.25) is 5.91 Å². The number of benzene rings is 2. The first-order valence-electron chi connectivity index (χ1n) is 11.2. The zero-order valence-electron chi connectivity index (χ0n) is 19.5. The second-order valence-electron chi connectivity index (χ2n) is 8.07. The van der Waals surface area contributed by atoms with E-state index in [4.69, 9.17) is 4.74 Å². The molecular formula is C26H36N2O3. The molecule has 31 heavy (non-hydrogen) atoms. The average Bonchev–Trinajstić information content (AvgIpc) is 2.75. The number of unbranched alkanes of at least 4 members (excludes halogenated alkanes) is 1. The smallest absolute Gasteiger partial charge is 0.261 e. The van der Waals surface area contributed by atoms with Crippen LogP contribution in [-0.2, 0) is 16.1 Å². The van der Waals surface area contributed by atoms with Crippen molar-refractivity contribution in [1.29, 1.82) is 0 Å². The molecule has 5 nitrogen and oxygen atoms in total. The number of aryl methyl sites for hydroxylation is 2. The van der Waals surface area contributed by atoms with Crippen LogP contribution >= 0.6 is 0 Å². The fourth-order valence-electron chi connectivity index (χ4n) is 3.58. The maximum absolute atomic E-state index is 13.3. The first-order valence-corrected chi connectivity index (χ1v) is 11.2. The first-order chi connectivity index (χ1) is 14.9. The minimum atomic E-state index is -0.534. The molecule has 0 spiro atoms. The molecule has 0 fully saturated rings. The summed E-state index contributed by atoms with van der Waals surface area (Å²) in [4.78, 5) is 27.8. The molecule has 1 N–H and O–H groups in total. The van der Waals surface area contributed by atoms with Gasteiger partial charge in [-0.15, -0.1) is 0 Å². The lowest BCUT2D eigenvalue weighted by Crippen LogP contribution is -2.50. The highest BCUT2D eigenvalue weighted by Gasteiger charge is 2.28. The molecule has 0 aromatic heterocycles. The SMILES string of the molecule is CCCCNC(=O)[C@H](CC)N(Cc1ccccc1)C(=O)COc1cc(C)cc(C)c1C. The lowest BCUT2D eigenvalue weighted by atomic mass is 10.1. The van der Waals surface area contributed by atoms with Crippen LogP contribution in [0.4, 0.5) is 0 Å². The second kappa shape index (κ2) is 12.1. The van der Waals surface area contributed by atoms with Gasteiger partial charge in [-0.2, -0.15) is 0 Å². The summed E-state index contributed by atoms with van der Waals surface area (Å²) in [6, 6.07) is 13.3. The van der Waals surface area contributed by atoms with Crippen LogP contribution in [0.25, 0.3) is 0 Å². The van der Waals surface area contributed by atoms with E-state index in [9.17, 15) is 9.59 Å². The first kappa shape index (κ1) is 24.4. The van der Waals surface area contributed by atoms with Crippen LogP contribution in [0, 0.1) is 20.8 Å². The minimum absolute atomic E-state index is 0.102. The molecule has 0 aliphatic heterocycles. The van der Waals surface area contributed by atoms with E-state index in [2.05, 4.69) is 18.3 Å². The third-order valence-corrected chi connectivity index (χ3v) is 5.53. The topological polar surface area (TPSA) is 58.6 Å². The molecule has 1 atom stereocenters. The van der Waals surface area contributed by atoms with Crippen molar-refractivity contribution in [2.24, 2.45) is 0 Å².